The highest BCUT2D eigenvalue weighted by Gasteiger charge is 2.34. The van der Waals surface area contributed by atoms with Crippen LogP contribution < -0.4 is 15.6 Å². The van der Waals surface area contributed by atoms with Gasteiger partial charge in [-0.3, -0.25) is 4.79 Å². The number of aryl methyl sites for hydroxylation is 1. The molecule has 1 aliphatic rings. The number of H-pyrrole nitrogens is 1. The molecule has 7 heteroatoms. The van der Waals surface area contributed by atoms with Gasteiger partial charge in [-0.05, 0) is 43.5 Å². The molecule has 1 aromatic heterocycles. The van der Waals surface area contributed by atoms with E-state index in [-0.39, 0.29) is 17.6 Å². The van der Waals surface area contributed by atoms with E-state index in [1.54, 1.807) is 31.3 Å². The van der Waals surface area contributed by atoms with Crippen molar-refractivity contribution in [2.24, 2.45) is 0 Å². The van der Waals surface area contributed by atoms with E-state index >= 15 is 0 Å². The first-order valence-corrected chi connectivity index (χ1v) is 8.37. The Balaban J connectivity index is 2.19. The van der Waals surface area contributed by atoms with Crippen molar-refractivity contribution in [1.82, 2.24) is 4.98 Å². The first-order valence-electron chi connectivity index (χ1n) is 8.37. The summed E-state index contributed by atoms with van der Waals surface area (Å²) in [5.41, 5.74) is 3.34. The molecule has 27 heavy (non-hydrogen) atoms. The maximum absolute atomic E-state index is 12.6. The smallest absolute Gasteiger partial charge is 0.333 e. The van der Waals surface area contributed by atoms with Gasteiger partial charge in [0.1, 0.15) is 5.75 Å². The molecule has 2 heterocycles. The van der Waals surface area contributed by atoms with Crippen molar-refractivity contribution in [1.29, 1.82) is 5.26 Å². The van der Waals surface area contributed by atoms with E-state index < -0.39 is 11.9 Å². The zero-order valence-corrected chi connectivity index (χ0v) is 15.2. The molecule has 0 saturated heterocycles. The highest BCUT2D eigenvalue weighted by Crippen LogP contribution is 2.40. The number of carboxylic acids is 1. The third-order valence-electron chi connectivity index (χ3n) is 4.81. The summed E-state index contributed by atoms with van der Waals surface area (Å²) in [5, 5.41) is 21.9. The van der Waals surface area contributed by atoms with E-state index in [9.17, 15) is 14.7 Å². The summed E-state index contributed by atoms with van der Waals surface area (Å²) in [5.74, 6) is -1.24. The summed E-state index contributed by atoms with van der Waals surface area (Å²) in [6.45, 7) is 3.54. The van der Waals surface area contributed by atoms with E-state index in [0.29, 0.717) is 28.3 Å². The number of ether oxygens (including phenoxy) is 1. The maximum atomic E-state index is 12.6. The molecule has 3 rings (SSSR count). The summed E-state index contributed by atoms with van der Waals surface area (Å²) in [6, 6.07) is 7.04. The predicted molar refractivity (Wildman–Crippen MR) is 99.9 cm³/mol. The molecular weight excluding hydrogens is 346 g/mol. The molecule has 0 saturated carbocycles. The molecule has 0 bridgehead atoms. The fraction of sp³-hybridized carbons (Fsp3) is 0.250. The molecule has 0 spiro atoms. The van der Waals surface area contributed by atoms with E-state index in [4.69, 9.17) is 10.00 Å². The number of methoxy groups -OCH3 is 1. The molecule has 0 fully saturated rings. The number of allylic oxidation sites excluding steroid dienone is 1. The molecule has 1 aromatic carbocycles. The molecule has 1 aliphatic heterocycles. The number of hydrogen-bond acceptors (Lipinski definition) is 5. The number of benzene rings is 1. The second-order valence-corrected chi connectivity index (χ2v) is 6.45. The molecule has 1 atom stereocenters. The summed E-state index contributed by atoms with van der Waals surface area (Å²) in [6.07, 6.45) is 1.86. The number of pyridine rings is 1. The van der Waals surface area contributed by atoms with Gasteiger partial charge in [0.15, 0.2) is 0 Å². The van der Waals surface area contributed by atoms with Gasteiger partial charge in [-0.2, -0.15) is 5.26 Å². The van der Waals surface area contributed by atoms with Crippen LogP contribution in [-0.4, -0.2) is 23.2 Å². The molecular formula is C20H19N3O4. The lowest BCUT2D eigenvalue weighted by molar-refractivity contribution is -0.133. The van der Waals surface area contributed by atoms with Crippen LogP contribution in [0.4, 0.5) is 5.69 Å². The lowest BCUT2D eigenvalue weighted by atomic mass is 9.81. The number of hydrogen-bond donors (Lipinski definition) is 3. The highest BCUT2D eigenvalue weighted by atomic mass is 16.5. The van der Waals surface area contributed by atoms with Crippen molar-refractivity contribution in [3.8, 4) is 11.8 Å². The average molecular weight is 365 g/mol. The summed E-state index contributed by atoms with van der Waals surface area (Å²) < 4.78 is 5.38. The van der Waals surface area contributed by atoms with Gasteiger partial charge in [0.05, 0.1) is 30.0 Å². The Labute approximate surface area is 155 Å². The monoisotopic (exact) mass is 365 g/mol. The van der Waals surface area contributed by atoms with Crippen LogP contribution in [0.1, 0.15) is 35.1 Å². The summed E-state index contributed by atoms with van der Waals surface area (Å²) in [7, 11) is 1.49. The van der Waals surface area contributed by atoms with E-state index in [1.807, 2.05) is 6.92 Å². The number of aromatic amines is 1. The number of carboxylic acid groups (broad SMARTS) is 1. The molecule has 0 amide bonds. The minimum absolute atomic E-state index is 0.144. The fourth-order valence-electron chi connectivity index (χ4n) is 3.52. The Morgan fingerprint density at radius 2 is 2.11 bits per heavy atom. The number of nitriles is 1. The van der Waals surface area contributed by atoms with E-state index in [0.717, 1.165) is 11.1 Å². The van der Waals surface area contributed by atoms with Crippen molar-refractivity contribution in [2.75, 3.05) is 12.4 Å². The van der Waals surface area contributed by atoms with Crippen LogP contribution in [0.15, 0.2) is 40.5 Å². The molecule has 3 N–H and O–H groups in total. The van der Waals surface area contributed by atoms with Crippen molar-refractivity contribution in [3.63, 3.8) is 0 Å². The van der Waals surface area contributed by atoms with Gasteiger partial charge >= 0.3 is 5.97 Å². The number of nitrogens with one attached hydrogen (secondary N) is 2. The number of aromatic nitrogens is 1. The van der Waals surface area contributed by atoms with Crippen LogP contribution in [0.2, 0.25) is 0 Å². The minimum Gasteiger partial charge on any atom is -0.496 e. The lowest BCUT2D eigenvalue weighted by Crippen LogP contribution is -2.30. The summed E-state index contributed by atoms with van der Waals surface area (Å²) >= 11 is 0. The maximum Gasteiger partial charge on any atom is 0.333 e. The molecule has 0 aliphatic carbocycles. The fourth-order valence-corrected chi connectivity index (χ4v) is 3.52. The van der Waals surface area contributed by atoms with Gasteiger partial charge in [0.2, 0.25) is 0 Å². The number of nitrogens with zero attached hydrogens (tertiary/aromatic N) is 1. The topological polar surface area (TPSA) is 115 Å². The van der Waals surface area contributed by atoms with Crippen molar-refractivity contribution in [2.45, 2.75) is 26.2 Å². The number of rotatable bonds is 4. The second-order valence-electron chi connectivity index (χ2n) is 6.45. The quantitative estimate of drug-likeness (QED) is 0.767. The van der Waals surface area contributed by atoms with Gasteiger partial charge in [0.25, 0.3) is 5.56 Å². The first kappa shape index (κ1) is 18.3. The van der Waals surface area contributed by atoms with Crippen molar-refractivity contribution in [3.05, 3.63) is 68.3 Å². The Morgan fingerprint density at radius 3 is 2.74 bits per heavy atom. The average Bonchev–Trinajstić information content (AvgIpc) is 2.64. The van der Waals surface area contributed by atoms with Gasteiger partial charge in [-0.1, -0.05) is 6.07 Å². The first-order chi connectivity index (χ1) is 12.9. The van der Waals surface area contributed by atoms with Crippen LogP contribution in [0.3, 0.4) is 0 Å². The van der Waals surface area contributed by atoms with Crippen LogP contribution in [0.5, 0.6) is 5.75 Å². The predicted octanol–water partition coefficient (Wildman–Crippen LogP) is 2.67. The van der Waals surface area contributed by atoms with Crippen LogP contribution in [0.25, 0.3) is 0 Å². The molecule has 0 unspecified atom stereocenters. The SMILES string of the molecule is COc1cc(C#N)ccc1C[C@@H]1C(C(=O)O)=C(C)Nc2c(C)c[nH]c(=O)c21. The second kappa shape index (κ2) is 7.00. The molecule has 0 radical (unpaired) electrons. The number of carbonyl (C=O) groups is 1. The molecule has 138 valence electrons. The lowest BCUT2D eigenvalue weighted by Gasteiger charge is -2.29. The zero-order chi connectivity index (χ0) is 19.7. The minimum atomic E-state index is -1.08. The Morgan fingerprint density at radius 1 is 1.37 bits per heavy atom. The van der Waals surface area contributed by atoms with Crippen LogP contribution in [-0.2, 0) is 11.2 Å². The third kappa shape index (κ3) is 3.17. The standard InChI is InChI=1S/C20H19N3O4/c1-10-9-22-19(24)17-14(16(20(25)26)11(2)23-18(10)17)7-13-5-4-12(8-21)6-15(13)27-3/h4-6,9,14,23H,7H2,1-3H3,(H,22,24)(H,25,26)/t14-/m1/s1. The van der Waals surface area contributed by atoms with E-state index in [2.05, 4.69) is 16.4 Å². The summed E-state index contributed by atoms with van der Waals surface area (Å²) in [4.78, 5) is 27.2. The third-order valence-corrected chi connectivity index (χ3v) is 4.81. The van der Waals surface area contributed by atoms with Gasteiger partial charge in [0, 0.05) is 23.4 Å². The number of fused-ring (bicyclic) bond motifs is 1. The Bertz CT molecular complexity index is 1060. The van der Waals surface area contributed by atoms with Crippen molar-refractivity contribution >= 4 is 11.7 Å². The molecule has 2 aromatic rings. The Hall–Kier alpha value is -3.53. The number of aliphatic carboxylic acids is 1. The van der Waals surface area contributed by atoms with Gasteiger partial charge in [-0.15, -0.1) is 0 Å². The van der Waals surface area contributed by atoms with Gasteiger partial charge in [-0.25, -0.2) is 4.79 Å². The Kier molecular flexibility index (Phi) is 4.74. The number of anilines is 1. The van der Waals surface area contributed by atoms with Gasteiger partial charge < -0.3 is 20.1 Å². The van der Waals surface area contributed by atoms with E-state index in [1.165, 1.54) is 7.11 Å². The highest BCUT2D eigenvalue weighted by molar-refractivity contribution is 5.92. The molecule has 7 nitrogen and oxygen atoms in total. The normalized spacial score (nSPS) is 15.6. The van der Waals surface area contributed by atoms with Crippen LogP contribution >= 0.6 is 0 Å². The largest absolute Gasteiger partial charge is 0.496 e. The zero-order valence-electron chi connectivity index (χ0n) is 15.2. The van der Waals surface area contributed by atoms with Crippen molar-refractivity contribution < 1.29 is 14.6 Å². The van der Waals surface area contributed by atoms with Crippen LogP contribution in [0, 0.1) is 18.3 Å².